The first kappa shape index (κ1) is 24.2. The molecule has 2 aliphatic heterocycles. The van der Waals surface area contributed by atoms with Gasteiger partial charge in [0.1, 0.15) is 18.8 Å². The highest BCUT2D eigenvalue weighted by atomic mass is 32.2. The van der Waals surface area contributed by atoms with Crippen molar-refractivity contribution in [2.75, 3.05) is 5.32 Å². The predicted octanol–water partition coefficient (Wildman–Crippen LogP) is 2.86. The minimum absolute atomic E-state index is 0.0549. The zero-order valence-electron chi connectivity index (χ0n) is 20.2. The molecule has 6 rings (SSSR count). The predicted molar refractivity (Wildman–Crippen MR) is 143 cm³/mol. The summed E-state index contributed by atoms with van der Waals surface area (Å²) < 4.78 is 12.8. The number of nitrogens with one attached hydrogen (secondary N) is 3. The lowest BCUT2D eigenvalue weighted by atomic mass is 10.0. The van der Waals surface area contributed by atoms with Gasteiger partial charge in [0, 0.05) is 35.1 Å². The Morgan fingerprint density at radius 2 is 2.05 bits per heavy atom. The van der Waals surface area contributed by atoms with E-state index in [9.17, 15) is 9.59 Å². The van der Waals surface area contributed by atoms with Crippen molar-refractivity contribution >= 4 is 39.9 Å². The van der Waals surface area contributed by atoms with Crippen LogP contribution in [0.5, 0.6) is 5.88 Å². The average Bonchev–Trinajstić information content (AvgIpc) is 3.70. The minimum atomic E-state index is -0.669. The number of ether oxygens (including phenoxy) is 1. The Kier molecular flexibility index (Phi) is 6.17. The van der Waals surface area contributed by atoms with Crippen molar-refractivity contribution < 1.29 is 18.8 Å². The van der Waals surface area contributed by atoms with E-state index in [0.717, 1.165) is 16.0 Å². The fourth-order valence-electron chi connectivity index (χ4n) is 4.00. The van der Waals surface area contributed by atoms with Gasteiger partial charge in [0.2, 0.25) is 5.91 Å². The Labute approximate surface area is 225 Å². The number of anilines is 1. The lowest BCUT2D eigenvalue weighted by Gasteiger charge is -2.21. The molecule has 0 saturated heterocycles. The van der Waals surface area contributed by atoms with Gasteiger partial charge in [-0.2, -0.15) is 5.10 Å². The maximum atomic E-state index is 12.8. The molecular weight excluding hydrogens is 520 g/mol. The molecule has 2 aliphatic rings. The summed E-state index contributed by atoms with van der Waals surface area (Å²) >= 11 is 1.31. The Balaban J connectivity index is 1.12. The number of aromatic nitrogens is 4. The Morgan fingerprint density at radius 3 is 2.87 bits per heavy atom. The second-order valence-corrected chi connectivity index (χ2v) is 9.66. The van der Waals surface area contributed by atoms with Gasteiger partial charge in [-0.25, -0.2) is 0 Å². The van der Waals surface area contributed by atoms with Crippen LogP contribution in [0.15, 0.2) is 82.4 Å². The SMILES string of the molecule is N=C1/C(=C2\NC=C(c3cnn(Cc4cc(OCc5ccccc5)no4)c3)S2)C(=O)Nc2cc(C(N)=O)cnc21. The second kappa shape index (κ2) is 9.95. The van der Waals surface area contributed by atoms with Gasteiger partial charge in [-0.3, -0.25) is 24.7 Å². The van der Waals surface area contributed by atoms with Crippen molar-refractivity contribution in [2.24, 2.45) is 5.73 Å². The van der Waals surface area contributed by atoms with Gasteiger partial charge in [-0.15, -0.1) is 0 Å². The fraction of sp³-hybridized carbons (Fsp3) is 0.0769. The molecule has 0 saturated carbocycles. The molecule has 0 unspecified atom stereocenters. The Morgan fingerprint density at radius 1 is 1.21 bits per heavy atom. The van der Waals surface area contributed by atoms with Crippen LogP contribution in [0.1, 0.15) is 32.9 Å². The molecule has 3 aromatic heterocycles. The first-order valence-electron chi connectivity index (χ1n) is 11.7. The molecule has 12 nitrogen and oxygen atoms in total. The maximum Gasteiger partial charge on any atom is 0.260 e. The Hall–Kier alpha value is -5.17. The number of nitrogens with two attached hydrogens (primary N) is 1. The van der Waals surface area contributed by atoms with Crippen LogP contribution in [-0.2, 0) is 17.9 Å². The maximum absolute atomic E-state index is 12.8. The quantitative estimate of drug-likeness (QED) is 0.257. The van der Waals surface area contributed by atoms with Crippen molar-refractivity contribution in [3.8, 4) is 5.88 Å². The highest BCUT2D eigenvalue weighted by molar-refractivity contribution is 8.12. The molecule has 0 fully saturated rings. The van der Waals surface area contributed by atoms with E-state index >= 15 is 0 Å². The van der Waals surface area contributed by atoms with Crippen LogP contribution in [0.3, 0.4) is 0 Å². The van der Waals surface area contributed by atoms with Gasteiger partial charge in [0.05, 0.1) is 33.8 Å². The lowest BCUT2D eigenvalue weighted by Crippen LogP contribution is -2.31. The summed E-state index contributed by atoms with van der Waals surface area (Å²) in [5.74, 6) is -0.171. The molecule has 0 bridgehead atoms. The normalized spacial score (nSPS) is 16.4. The van der Waals surface area contributed by atoms with E-state index < -0.39 is 11.8 Å². The molecule has 2 amide bonds. The van der Waals surface area contributed by atoms with Gasteiger partial charge in [0.15, 0.2) is 5.76 Å². The van der Waals surface area contributed by atoms with E-state index in [0.29, 0.717) is 29.8 Å². The van der Waals surface area contributed by atoms with E-state index in [1.807, 2.05) is 36.5 Å². The van der Waals surface area contributed by atoms with E-state index in [1.54, 1.807) is 23.1 Å². The summed E-state index contributed by atoms with van der Waals surface area (Å²) in [6.45, 7) is 0.740. The zero-order valence-corrected chi connectivity index (χ0v) is 21.0. The first-order valence-corrected chi connectivity index (χ1v) is 12.5. The fourth-order valence-corrected chi connectivity index (χ4v) is 4.97. The number of thioether (sulfide) groups is 1. The standard InChI is InChI=1S/C26H20N8O4S/c27-22-21(25(36)32-18-6-15(24(28)35)8-29-23(18)22)26-30-10-19(39-26)16-9-31-34(11-16)12-17-7-20(33-38-17)37-13-14-4-2-1-3-5-14/h1-11,27,30H,12-13H2,(H2,28,35)(H,32,36)/b26-21-,27-22?. The van der Waals surface area contributed by atoms with Crippen LogP contribution in [0.25, 0.3) is 4.91 Å². The molecule has 5 heterocycles. The molecule has 0 atom stereocenters. The van der Waals surface area contributed by atoms with Gasteiger partial charge in [-0.1, -0.05) is 42.1 Å². The third kappa shape index (κ3) is 4.90. The van der Waals surface area contributed by atoms with Crippen molar-refractivity contribution in [1.29, 1.82) is 5.41 Å². The molecule has 0 aliphatic carbocycles. The number of carbonyl (C=O) groups is 2. The van der Waals surface area contributed by atoms with E-state index in [4.69, 9.17) is 20.4 Å². The molecule has 13 heteroatoms. The molecule has 0 spiro atoms. The van der Waals surface area contributed by atoms with Crippen molar-refractivity contribution in [1.82, 2.24) is 25.2 Å². The number of nitrogens with zero attached hydrogens (tertiary/aromatic N) is 4. The number of fused-ring (bicyclic) bond motifs is 1. The number of benzene rings is 1. The molecular formula is C26H20N8O4S. The summed E-state index contributed by atoms with van der Waals surface area (Å²) in [6, 6.07) is 12.9. The van der Waals surface area contributed by atoms with Crippen molar-refractivity contribution in [3.63, 3.8) is 0 Å². The number of primary amides is 1. The summed E-state index contributed by atoms with van der Waals surface area (Å²) in [6.07, 6.45) is 6.58. The van der Waals surface area contributed by atoms with Crippen LogP contribution in [0, 0.1) is 5.41 Å². The van der Waals surface area contributed by atoms with Crippen LogP contribution < -0.4 is 21.1 Å². The molecule has 4 aromatic rings. The summed E-state index contributed by atoms with van der Waals surface area (Å²) in [5, 5.41) is 23.2. The monoisotopic (exact) mass is 540 g/mol. The number of hydrogen-bond donors (Lipinski definition) is 4. The molecule has 5 N–H and O–H groups in total. The number of rotatable bonds is 7. The zero-order chi connectivity index (χ0) is 26.9. The topological polar surface area (TPSA) is 174 Å². The smallest absolute Gasteiger partial charge is 0.260 e. The summed E-state index contributed by atoms with van der Waals surface area (Å²) in [4.78, 5) is 29.3. The molecule has 0 radical (unpaired) electrons. The van der Waals surface area contributed by atoms with Gasteiger partial charge in [0.25, 0.3) is 11.8 Å². The Bertz CT molecular complexity index is 1690. The molecule has 194 valence electrons. The first-order chi connectivity index (χ1) is 18.9. The number of amides is 2. The van der Waals surface area contributed by atoms with Gasteiger partial charge < -0.3 is 25.6 Å². The van der Waals surface area contributed by atoms with Gasteiger partial charge in [-0.05, 0) is 16.8 Å². The summed E-state index contributed by atoms with van der Waals surface area (Å²) in [5.41, 5.74) is 7.90. The lowest BCUT2D eigenvalue weighted by molar-refractivity contribution is -0.112. The highest BCUT2D eigenvalue weighted by Crippen LogP contribution is 2.40. The number of hydrogen-bond acceptors (Lipinski definition) is 10. The van der Waals surface area contributed by atoms with E-state index in [1.165, 1.54) is 24.0 Å². The van der Waals surface area contributed by atoms with Crippen molar-refractivity contribution in [3.05, 3.63) is 106 Å². The van der Waals surface area contributed by atoms with Gasteiger partial charge >= 0.3 is 0 Å². The van der Waals surface area contributed by atoms with E-state index in [2.05, 4.69) is 25.9 Å². The second-order valence-electron chi connectivity index (χ2n) is 8.60. The largest absolute Gasteiger partial charge is 0.471 e. The minimum Gasteiger partial charge on any atom is -0.471 e. The van der Waals surface area contributed by atoms with Crippen LogP contribution in [-0.4, -0.2) is 37.4 Å². The molecule has 39 heavy (non-hydrogen) atoms. The number of carbonyl (C=O) groups excluding carboxylic acids is 2. The van der Waals surface area contributed by atoms with Crippen LogP contribution in [0.4, 0.5) is 5.69 Å². The van der Waals surface area contributed by atoms with E-state index in [-0.39, 0.29) is 28.2 Å². The summed E-state index contributed by atoms with van der Waals surface area (Å²) in [7, 11) is 0. The van der Waals surface area contributed by atoms with Crippen LogP contribution in [0.2, 0.25) is 0 Å². The molecule has 1 aromatic carbocycles. The van der Waals surface area contributed by atoms with Crippen molar-refractivity contribution in [2.45, 2.75) is 13.2 Å². The average molecular weight is 541 g/mol. The highest BCUT2D eigenvalue weighted by Gasteiger charge is 2.32. The van der Waals surface area contributed by atoms with Crippen LogP contribution >= 0.6 is 11.8 Å². The third-order valence-electron chi connectivity index (χ3n) is 5.91. The third-order valence-corrected chi connectivity index (χ3v) is 7.01. The number of pyridine rings is 1.